The lowest BCUT2D eigenvalue weighted by molar-refractivity contribution is -0.130. The minimum atomic E-state index is -0.682. The van der Waals surface area contributed by atoms with E-state index in [1.165, 1.54) is 4.90 Å². The molecule has 8 heteroatoms. The molecule has 1 unspecified atom stereocenters. The highest BCUT2D eigenvalue weighted by Gasteiger charge is 2.50. The van der Waals surface area contributed by atoms with Gasteiger partial charge in [-0.15, -0.1) is 0 Å². The van der Waals surface area contributed by atoms with E-state index in [9.17, 15) is 14.4 Å². The average Bonchev–Trinajstić information content (AvgIpc) is 2.82. The van der Waals surface area contributed by atoms with Gasteiger partial charge in [0, 0.05) is 23.9 Å². The van der Waals surface area contributed by atoms with Crippen LogP contribution in [-0.4, -0.2) is 37.6 Å². The molecule has 2 aliphatic rings. The molecule has 0 saturated carbocycles. The third-order valence-corrected chi connectivity index (χ3v) is 6.21. The smallest absolute Gasteiger partial charge is 0.417 e. The van der Waals surface area contributed by atoms with Gasteiger partial charge in [-0.2, -0.15) is 0 Å². The van der Waals surface area contributed by atoms with Gasteiger partial charge in [-0.05, 0) is 58.2 Å². The minimum absolute atomic E-state index is 0.0808. The van der Waals surface area contributed by atoms with Crippen molar-refractivity contribution in [1.82, 2.24) is 14.5 Å². The van der Waals surface area contributed by atoms with Crippen LogP contribution in [0.3, 0.4) is 0 Å². The zero-order valence-electron chi connectivity index (χ0n) is 16.8. The van der Waals surface area contributed by atoms with Crippen LogP contribution in [0.2, 0.25) is 0 Å². The van der Waals surface area contributed by atoms with Gasteiger partial charge in [0.2, 0.25) is 5.91 Å². The maximum absolute atomic E-state index is 13.0. The Balaban J connectivity index is 1.70. The number of carbonyl (C=O) groups excluding carboxylic acids is 2. The third-order valence-electron chi connectivity index (χ3n) is 5.72. The number of amides is 2. The predicted octanol–water partition coefficient (Wildman–Crippen LogP) is 3.79. The second-order valence-corrected chi connectivity index (χ2v) is 9.75. The van der Waals surface area contributed by atoms with Crippen LogP contribution in [-0.2, 0) is 22.5 Å². The van der Waals surface area contributed by atoms with E-state index in [0.717, 1.165) is 4.47 Å². The second kappa shape index (κ2) is 6.93. The number of halogens is 1. The Hall–Kier alpha value is -2.22. The van der Waals surface area contributed by atoms with Crippen molar-refractivity contribution in [3.05, 3.63) is 38.9 Å². The number of nitrogens with zero attached hydrogens (tertiary/aromatic N) is 3. The summed E-state index contributed by atoms with van der Waals surface area (Å²) >= 11 is 3.43. The van der Waals surface area contributed by atoms with E-state index in [-0.39, 0.29) is 11.5 Å². The van der Waals surface area contributed by atoms with E-state index in [2.05, 4.69) is 15.9 Å². The lowest BCUT2D eigenvalue weighted by atomic mass is 9.87. The standard InChI is InChI=1S/C21H24BrN3O4/c1-20(2,3)29-19(28)25-17(26)7-9-21(25)8-6-16-23-15-12-13(22)4-5-14(15)18(27)24(16)11-10-21/h4-5,12H,6-11H2,1-3H3. The normalized spacial score (nSPS) is 22.1. The molecule has 1 atom stereocenters. The molecule has 1 spiro atoms. The Kier molecular flexibility index (Phi) is 4.80. The molecule has 1 aromatic heterocycles. The molecule has 7 nitrogen and oxygen atoms in total. The lowest BCUT2D eigenvalue weighted by Gasteiger charge is -2.37. The summed E-state index contributed by atoms with van der Waals surface area (Å²) in [6, 6.07) is 5.44. The van der Waals surface area contributed by atoms with E-state index in [4.69, 9.17) is 9.72 Å². The third kappa shape index (κ3) is 3.58. The number of ether oxygens (including phenoxy) is 1. The van der Waals surface area contributed by atoms with E-state index in [0.29, 0.717) is 55.4 Å². The molecular formula is C21H24BrN3O4. The Bertz CT molecular complexity index is 1070. The summed E-state index contributed by atoms with van der Waals surface area (Å²) in [5, 5.41) is 0.569. The van der Waals surface area contributed by atoms with Crippen LogP contribution in [0.5, 0.6) is 0 Å². The van der Waals surface area contributed by atoms with Crippen molar-refractivity contribution in [3.63, 3.8) is 0 Å². The largest absolute Gasteiger partial charge is 0.443 e. The number of imide groups is 1. The van der Waals surface area contributed by atoms with Crippen molar-refractivity contribution in [2.75, 3.05) is 0 Å². The monoisotopic (exact) mass is 461 g/mol. The van der Waals surface area contributed by atoms with Gasteiger partial charge >= 0.3 is 6.09 Å². The van der Waals surface area contributed by atoms with Gasteiger partial charge in [0.05, 0.1) is 16.4 Å². The first kappa shape index (κ1) is 20.1. The number of hydrogen-bond donors (Lipinski definition) is 0. The highest BCUT2D eigenvalue weighted by atomic mass is 79.9. The van der Waals surface area contributed by atoms with E-state index in [1.54, 1.807) is 31.4 Å². The molecule has 29 heavy (non-hydrogen) atoms. The van der Waals surface area contributed by atoms with E-state index >= 15 is 0 Å². The molecular weight excluding hydrogens is 438 g/mol. The fourth-order valence-corrected chi connectivity index (χ4v) is 4.70. The summed E-state index contributed by atoms with van der Waals surface area (Å²) in [5.74, 6) is 0.487. The quantitative estimate of drug-likeness (QED) is 0.595. The van der Waals surface area contributed by atoms with Gasteiger partial charge < -0.3 is 4.74 Å². The zero-order chi connectivity index (χ0) is 21.0. The molecule has 0 radical (unpaired) electrons. The fourth-order valence-electron chi connectivity index (χ4n) is 4.36. The molecule has 1 aromatic carbocycles. The number of carbonyl (C=O) groups is 2. The maximum atomic E-state index is 13.0. The van der Waals surface area contributed by atoms with Crippen LogP contribution in [0.15, 0.2) is 27.5 Å². The topological polar surface area (TPSA) is 81.5 Å². The molecule has 2 aliphatic heterocycles. The first-order chi connectivity index (χ1) is 13.6. The molecule has 2 aromatic rings. The molecule has 1 fully saturated rings. The highest BCUT2D eigenvalue weighted by Crippen LogP contribution is 2.40. The van der Waals surface area contributed by atoms with Crippen molar-refractivity contribution in [2.24, 2.45) is 0 Å². The molecule has 0 bridgehead atoms. The van der Waals surface area contributed by atoms with Crippen molar-refractivity contribution >= 4 is 38.8 Å². The van der Waals surface area contributed by atoms with Crippen LogP contribution in [0.25, 0.3) is 10.9 Å². The molecule has 0 aliphatic carbocycles. The number of fused-ring (bicyclic) bond motifs is 2. The number of likely N-dealkylation sites (tertiary alicyclic amines) is 1. The molecule has 2 amide bonds. The van der Waals surface area contributed by atoms with E-state index in [1.807, 2.05) is 12.1 Å². The van der Waals surface area contributed by atoms with Gasteiger partial charge in [0.25, 0.3) is 5.56 Å². The van der Waals surface area contributed by atoms with Crippen molar-refractivity contribution in [1.29, 1.82) is 0 Å². The first-order valence-electron chi connectivity index (χ1n) is 9.85. The lowest BCUT2D eigenvalue weighted by Crippen LogP contribution is -2.51. The van der Waals surface area contributed by atoms with Gasteiger partial charge in [0.15, 0.2) is 0 Å². The summed E-state index contributed by atoms with van der Waals surface area (Å²) in [4.78, 5) is 44.5. The van der Waals surface area contributed by atoms with Gasteiger partial charge in [-0.1, -0.05) is 15.9 Å². The minimum Gasteiger partial charge on any atom is -0.443 e. The number of benzene rings is 1. The molecule has 154 valence electrons. The number of rotatable bonds is 0. The SMILES string of the molecule is CC(C)(C)OC(=O)N1C(=O)CCC12CCc1nc3cc(Br)ccc3c(=O)n1CC2. The second-order valence-electron chi connectivity index (χ2n) is 8.83. The van der Waals surface area contributed by atoms with Crippen LogP contribution >= 0.6 is 15.9 Å². The van der Waals surface area contributed by atoms with Crippen LogP contribution in [0.1, 0.15) is 52.3 Å². The summed E-state index contributed by atoms with van der Waals surface area (Å²) in [6.07, 6.45) is 1.91. The Morgan fingerprint density at radius 2 is 1.90 bits per heavy atom. The molecule has 0 N–H and O–H groups in total. The van der Waals surface area contributed by atoms with Gasteiger partial charge in [0.1, 0.15) is 11.4 Å². The van der Waals surface area contributed by atoms with E-state index < -0.39 is 17.2 Å². The summed E-state index contributed by atoms with van der Waals surface area (Å²) in [5.41, 5.74) is -0.745. The van der Waals surface area contributed by atoms with Crippen LogP contribution in [0.4, 0.5) is 4.79 Å². The summed E-state index contributed by atoms with van der Waals surface area (Å²) < 4.78 is 8.07. The van der Waals surface area contributed by atoms with Crippen molar-refractivity contribution < 1.29 is 14.3 Å². The van der Waals surface area contributed by atoms with Crippen molar-refractivity contribution in [2.45, 2.75) is 70.6 Å². The Labute approximate surface area is 177 Å². The Morgan fingerprint density at radius 3 is 2.62 bits per heavy atom. The predicted molar refractivity (Wildman–Crippen MR) is 112 cm³/mol. The number of aromatic nitrogens is 2. The number of aryl methyl sites for hydroxylation is 1. The van der Waals surface area contributed by atoms with Crippen LogP contribution < -0.4 is 5.56 Å². The molecule has 3 heterocycles. The average molecular weight is 462 g/mol. The summed E-state index contributed by atoms with van der Waals surface area (Å²) in [6.45, 7) is 5.77. The molecule has 4 rings (SSSR count). The summed E-state index contributed by atoms with van der Waals surface area (Å²) in [7, 11) is 0. The highest BCUT2D eigenvalue weighted by molar-refractivity contribution is 9.10. The maximum Gasteiger partial charge on any atom is 0.417 e. The number of hydrogen-bond acceptors (Lipinski definition) is 5. The molecule has 1 saturated heterocycles. The fraction of sp³-hybridized carbons (Fsp3) is 0.524. The van der Waals surface area contributed by atoms with Crippen LogP contribution in [0, 0.1) is 0 Å². The first-order valence-corrected chi connectivity index (χ1v) is 10.6. The van der Waals surface area contributed by atoms with Gasteiger partial charge in [-0.3, -0.25) is 14.2 Å². The van der Waals surface area contributed by atoms with Gasteiger partial charge in [-0.25, -0.2) is 14.7 Å². The zero-order valence-corrected chi connectivity index (χ0v) is 18.4. The van der Waals surface area contributed by atoms with Crippen molar-refractivity contribution in [3.8, 4) is 0 Å². The Morgan fingerprint density at radius 1 is 1.17 bits per heavy atom.